The van der Waals surface area contributed by atoms with Crippen LogP contribution in [0.5, 0.6) is 0 Å². The SMILES string of the molecule is O=[N+]([O-])c1cc([C@@H](CO)N2CCNCC2)ccc1F. The van der Waals surface area contributed by atoms with Gasteiger partial charge in [0, 0.05) is 32.2 Å². The fourth-order valence-corrected chi connectivity index (χ4v) is 2.30. The lowest BCUT2D eigenvalue weighted by atomic mass is 10.0. The zero-order valence-corrected chi connectivity index (χ0v) is 10.4. The number of nitro groups is 1. The van der Waals surface area contributed by atoms with Crippen molar-refractivity contribution in [3.05, 3.63) is 39.7 Å². The number of nitrogens with zero attached hydrogens (tertiary/aromatic N) is 2. The van der Waals surface area contributed by atoms with Gasteiger partial charge in [-0.1, -0.05) is 6.07 Å². The van der Waals surface area contributed by atoms with Crippen LogP contribution in [0, 0.1) is 15.9 Å². The lowest BCUT2D eigenvalue weighted by Gasteiger charge is -2.34. The Kier molecular flexibility index (Phi) is 4.41. The summed E-state index contributed by atoms with van der Waals surface area (Å²) in [6.45, 7) is 2.95. The molecule has 0 aliphatic carbocycles. The Morgan fingerprint density at radius 2 is 2.16 bits per heavy atom. The molecule has 1 fully saturated rings. The molecule has 1 saturated heterocycles. The highest BCUT2D eigenvalue weighted by molar-refractivity contribution is 5.37. The van der Waals surface area contributed by atoms with E-state index in [1.807, 2.05) is 4.90 Å². The molecule has 0 spiro atoms. The molecular weight excluding hydrogens is 253 g/mol. The molecule has 2 N–H and O–H groups in total. The normalized spacial score (nSPS) is 18.2. The Hall–Kier alpha value is -1.57. The molecule has 0 amide bonds. The molecule has 19 heavy (non-hydrogen) atoms. The number of nitrogens with one attached hydrogen (secondary N) is 1. The lowest BCUT2D eigenvalue weighted by molar-refractivity contribution is -0.387. The van der Waals surface area contributed by atoms with Gasteiger partial charge in [0.2, 0.25) is 5.82 Å². The van der Waals surface area contributed by atoms with Crippen LogP contribution in [0.1, 0.15) is 11.6 Å². The van der Waals surface area contributed by atoms with Crippen LogP contribution in [-0.2, 0) is 0 Å². The number of rotatable bonds is 4. The van der Waals surface area contributed by atoms with Crippen molar-refractivity contribution in [1.82, 2.24) is 10.2 Å². The monoisotopic (exact) mass is 269 g/mol. The highest BCUT2D eigenvalue weighted by atomic mass is 19.1. The molecule has 0 bridgehead atoms. The summed E-state index contributed by atoms with van der Waals surface area (Å²) in [6, 6.07) is 3.45. The van der Waals surface area contributed by atoms with Crippen LogP contribution < -0.4 is 5.32 Å². The minimum Gasteiger partial charge on any atom is -0.394 e. The van der Waals surface area contributed by atoms with Gasteiger partial charge in [0.25, 0.3) is 0 Å². The van der Waals surface area contributed by atoms with Crippen molar-refractivity contribution in [2.75, 3.05) is 32.8 Å². The molecular formula is C12H16FN3O3. The van der Waals surface area contributed by atoms with Gasteiger partial charge < -0.3 is 10.4 Å². The zero-order chi connectivity index (χ0) is 13.8. The number of hydrogen-bond donors (Lipinski definition) is 2. The van der Waals surface area contributed by atoms with Crippen molar-refractivity contribution < 1.29 is 14.4 Å². The summed E-state index contributed by atoms with van der Waals surface area (Å²) in [7, 11) is 0. The van der Waals surface area contributed by atoms with Crippen LogP contribution in [-0.4, -0.2) is 47.7 Å². The van der Waals surface area contributed by atoms with Crippen LogP contribution >= 0.6 is 0 Å². The summed E-state index contributed by atoms with van der Waals surface area (Å²) < 4.78 is 13.3. The molecule has 1 aliphatic heterocycles. The minimum absolute atomic E-state index is 0.150. The van der Waals surface area contributed by atoms with Crippen LogP contribution in [0.15, 0.2) is 18.2 Å². The van der Waals surface area contributed by atoms with Crippen LogP contribution in [0.3, 0.4) is 0 Å². The van der Waals surface area contributed by atoms with Crippen molar-refractivity contribution in [2.45, 2.75) is 6.04 Å². The van der Waals surface area contributed by atoms with E-state index in [0.29, 0.717) is 5.56 Å². The van der Waals surface area contributed by atoms with E-state index in [4.69, 9.17) is 0 Å². The summed E-state index contributed by atoms with van der Waals surface area (Å²) in [5.74, 6) is -0.856. The number of aliphatic hydroxyl groups excluding tert-OH is 1. The van der Waals surface area contributed by atoms with Gasteiger partial charge in [-0.05, 0) is 11.6 Å². The van der Waals surface area contributed by atoms with Gasteiger partial charge in [-0.25, -0.2) is 0 Å². The van der Waals surface area contributed by atoms with E-state index >= 15 is 0 Å². The molecule has 7 heteroatoms. The molecule has 0 saturated carbocycles. The van der Waals surface area contributed by atoms with E-state index in [2.05, 4.69) is 5.32 Å². The average Bonchev–Trinajstić information content (AvgIpc) is 2.42. The van der Waals surface area contributed by atoms with E-state index in [1.165, 1.54) is 12.1 Å². The minimum atomic E-state index is -0.856. The fraction of sp³-hybridized carbons (Fsp3) is 0.500. The molecule has 1 heterocycles. The molecule has 1 aliphatic rings. The molecule has 2 rings (SSSR count). The largest absolute Gasteiger partial charge is 0.394 e. The third-order valence-electron chi connectivity index (χ3n) is 3.32. The van der Waals surface area contributed by atoms with Gasteiger partial charge in [0.15, 0.2) is 0 Å². The van der Waals surface area contributed by atoms with Crippen molar-refractivity contribution in [1.29, 1.82) is 0 Å². The Bertz CT molecular complexity index is 464. The first-order chi connectivity index (χ1) is 9.13. The second kappa shape index (κ2) is 6.05. The first kappa shape index (κ1) is 13.9. The van der Waals surface area contributed by atoms with Crippen molar-refractivity contribution >= 4 is 5.69 Å². The van der Waals surface area contributed by atoms with Crippen LogP contribution in [0.25, 0.3) is 0 Å². The summed E-state index contributed by atoms with van der Waals surface area (Å²) >= 11 is 0. The molecule has 1 aromatic rings. The Morgan fingerprint density at radius 3 is 2.74 bits per heavy atom. The first-order valence-corrected chi connectivity index (χ1v) is 6.13. The maximum atomic E-state index is 13.3. The Balaban J connectivity index is 2.27. The maximum absolute atomic E-state index is 13.3. The third kappa shape index (κ3) is 3.06. The second-order valence-corrected chi connectivity index (χ2v) is 4.45. The Labute approximate surface area is 110 Å². The number of hydrogen-bond acceptors (Lipinski definition) is 5. The van der Waals surface area contributed by atoms with Crippen molar-refractivity contribution in [3.63, 3.8) is 0 Å². The molecule has 0 unspecified atom stereocenters. The zero-order valence-electron chi connectivity index (χ0n) is 10.4. The summed E-state index contributed by atoms with van der Waals surface area (Å²) in [6.07, 6.45) is 0. The molecule has 0 aromatic heterocycles. The number of aliphatic hydroxyl groups is 1. The summed E-state index contributed by atoms with van der Waals surface area (Å²) in [4.78, 5) is 12.0. The van der Waals surface area contributed by atoms with Gasteiger partial charge in [-0.15, -0.1) is 0 Å². The molecule has 6 nitrogen and oxygen atoms in total. The van der Waals surface area contributed by atoms with Gasteiger partial charge in [0.1, 0.15) is 0 Å². The van der Waals surface area contributed by atoms with E-state index in [0.717, 1.165) is 32.2 Å². The van der Waals surface area contributed by atoms with Crippen molar-refractivity contribution in [3.8, 4) is 0 Å². The Morgan fingerprint density at radius 1 is 1.47 bits per heavy atom. The van der Waals surface area contributed by atoms with E-state index in [1.54, 1.807) is 0 Å². The predicted octanol–water partition coefficient (Wildman–Crippen LogP) is 0.672. The number of benzene rings is 1. The number of halogens is 1. The quantitative estimate of drug-likeness (QED) is 0.620. The molecule has 0 radical (unpaired) electrons. The van der Waals surface area contributed by atoms with E-state index < -0.39 is 16.4 Å². The number of nitro benzene ring substituents is 1. The van der Waals surface area contributed by atoms with Gasteiger partial charge >= 0.3 is 5.69 Å². The third-order valence-corrected chi connectivity index (χ3v) is 3.32. The summed E-state index contributed by atoms with van der Waals surface area (Å²) in [5.41, 5.74) is 0.0172. The first-order valence-electron chi connectivity index (χ1n) is 6.13. The lowest BCUT2D eigenvalue weighted by Crippen LogP contribution is -2.46. The maximum Gasteiger partial charge on any atom is 0.305 e. The van der Waals surface area contributed by atoms with Gasteiger partial charge in [0.05, 0.1) is 17.6 Å². The molecule has 104 valence electrons. The highest BCUT2D eigenvalue weighted by Crippen LogP contribution is 2.26. The van der Waals surface area contributed by atoms with Crippen LogP contribution in [0.2, 0.25) is 0 Å². The van der Waals surface area contributed by atoms with Gasteiger partial charge in [-0.2, -0.15) is 4.39 Å². The fourth-order valence-electron chi connectivity index (χ4n) is 2.30. The van der Waals surface area contributed by atoms with Crippen LogP contribution in [0.4, 0.5) is 10.1 Å². The summed E-state index contributed by atoms with van der Waals surface area (Å²) in [5, 5.41) is 23.4. The average molecular weight is 269 g/mol. The number of piperazine rings is 1. The molecule has 1 aromatic carbocycles. The van der Waals surface area contributed by atoms with Crippen molar-refractivity contribution in [2.24, 2.45) is 0 Å². The topological polar surface area (TPSA) is 78.6 Å². The molecule has 1 atom stereocenters. The second-order valence-electron chi connectivity index (χ2n) is 4.45. The standard InChI is InChI=1S/C12H16FN3O3/c13-10-2-1-9(7-11(10)16(18)19)12(8-17)15-5-3-14-4-6-15/h1-2,7,12,14,17H,3-6,8H2/t12-/m1/s1. The van der Waals surface area contributed by atoms with E-state index in [9.17, 15) is 19.6 Å². The van der Waals surface area contributed by atoms with E-state index in [-0.39, 0.29) is 12.6 Å². The smallest absolute Gasteiger partial charge is 0.305 e. The highest BCUT2D eigenvalue weighted by Gasteiger charge is 2.24. The predicted molar refractivity (Wildman–Crippen MR) is 67.3 cm³/mol. The van der Waals surface area contributed by atoms with Gasteiger partial charge in [-0.3, -0.25) is 15.0 Å².